The van der Waals surface area contributed by atoms with Crippen molar-refractivity contribution in [3.05, 3.63) is 36.0 Å². The van der Waals surface area contributed by atoms with Gasteiger partial charge in [-0.15, -0.1) is 0 Å². The van der Waals surface area contributed by atoms with Gasteiger partial charge in [-0.3, -0.25) is 14.4 Å². The topological polar surface area (TPSA) is 117 Å². The highest BCUT2D eigenvalue weighted by Crippen LogP contribution is 2.19. The normalized spacial score (nSPS) is 13.4. The van der Waals surface area contributed by atoms with Gasteiger partial charge in [0.15, 0.2) is 0 Å². The molecular formula is C18H24N4O3. The first-order valence-corrected chi connectivity index (χ1v) is 8.21. The van der Waals surface area contributed by atoms with Gasteiger partial charge in [0.1, 0.15) is 12.1 Å². The lowest BCUT2D eigenvalue weighted by Crippen LogP contribution is -2.55. The van der Waals surface area contributed by atoms with Gasteiger partial charge in [-0.05, 0) is 17.5 Å². The predicted octanol–water partition coefficient (Wildman–Crippen LogP) is 0.841. The number of hydrogen-bond donors (Lipinski definition) is 4. The van der Waals surface area contributed by atoms with Gasteiger partial charge in [0.05, 0.1) is 0 Å². The molecule has 3 amide bonds. The van der Waals surface area contributed by atoms with Crippen molar-refractivity contribution in [2.24, 2.45) is 11.7 Å². The molecule has 0 fully saturated rings. The van der Waals surface area contributed by atoms with Gasteiger partial charge in [-0.1, -0.05) is 32.0 Å². The van der Waals surface area contributed by atoms with Crippen molar-refractivity contribution in [2.45, 2.75) is 39.3 Å². The standard InChI is InChI=1S/C18H24N4O3/c1-10(2)16(17(19)24)22-18(25)15(21-11(3)23)8-12-9-20-14-7-5-4-6-13(12)14/h4-7,9-10,15-16,20H,8H2,1-3H3,(H2,19,24)(H,21,23)(H,22,25)/t15-,16+/m1/s1. The van der Waals surface area contributed by atoms with Crippen LogP contribution < -0.4 is 16.4 Å². The number of carbonyl (C=O) groups is 3. The molecule has 0 bridgehead atoms. The monoisotopic (exact) mass is 344 g/mol. The molecule has 2 rings (SSSR count). The van der Waals surface area contributed by atoms with Crippen LogP contribution in [0.4, 0.5) is 0 Å². The van der Waals surface area contributed by atoms with Crippen LogP contribution in [0, 0.1) is 5.92 Å². The van der Waals surface area contributed by atoms with Crippen molar-refractivity contribution in [1.82, 2.24) is 15.6 Å². The minimum Gasteiger partial charge on any atom is -0.368 e. The first-order valence-electron chi connectivity index (χ1n) is 8.21. The van der Waals surface area contributed by atoms with E-state index in [1.54, 1.807) is 13.8 Å². The molecular weight excluding hydrogens is 320 g/mol. The van der Waals surface area contributed by atoms with Crippen LogP contribution in [0.15, 0.2) is 30.5 Å². The van der Waals surface area contributed by atoms with Crippen LogP contribution in [0.3, 0.4) is 0 Å². The maximum absolute atomic E-state index is 12.6. The zero-order valence-electron chi connectivity index (χ0n) is 14.6. The third kappa shape index (κ3) is 4.59. The summed E-state index contributed by atoms with van der Waals surface area (Å²) in [4.78, 5) is 38.8. The number of nitrogens with one attached hydrogen (secondary N) is 3. The lowest BCUT2D eigenvalue weighted by molar-refractivity contribution is -0.131. The Hall–Kier alpha value is -2.83. The van der Waals surface area contributed by atoms with Gasteiger partial charge in [0.2, 0.25) is 17.7 Å². The van der Waals surface area contributed by atoms with E-state index in [9.17, 15) is 14.4 Å². The number of H-pyrrole nitrogens is 1. The Kier molecular flexibility index (Phi) is 5.80. The van der Waals surface area contributed by atoms with Crippen LogP contribution in [0.5, 0.6) is 0 Å². The fraction of sp³-hybridized carbons (Fsp3) is 0.389. The quantitative estimate of drug-likeness (QED) is 0.596. The smallest absolute Gasteiger partial charge is 0.243 e. The Labute approximate surface area is 146 Å². The van der Waals surface area contributed by atoms with Gasteiger partial charge >= 0.3 is 0 Å². The van der Waals surface area contributed by atoms with Crippen LogP contribution in [0.1, 0.15) is 26.3 Å². The zero-order valence-corrected chi connectivity index (χ0v) is 14.6. The van der Waals surface area contributed by atoms with Crippen LogP contribution in [0.25, 0.3) is 10.9 Å². The summed E-state index contributed by atoms with van der Waals surface area (Å²) in [6.07, 6.45) is 2.12. The molecule has 0 aliphatic carbocycles. The number of fused-ring (bicyclic) bond motifs is 1. The molecule has 7 heteroatoms. The van der Waals surface area contributed by atoms with Crippen molar-refractivity contribution in [2.75, 3.05) is 0 Å². The van der Waals surface area contributed by atoms with E-state index in [0.29, 0.717) is 6.42 Å². The summed E-state index contributed by atoms with van der Waals surface area (Å²) >= 11 is 0. The summed E-state index contributed by atoms with van der Waals surface area (Å²) in [5, 5.41) is 6.28. The third-order valence-electron chi connectivity index (χ3n) is 4.06. The molecule has 0 unspecified atom stereocenters. The van der Waals surface area contributed by atoms with Gasteiger partial charge < -0.3 is 21.4 Å². The summed E-state index contributed by atoms with van der Waals surface area (Å²) in [5.74, 6) is -1.50. The van der Waals surface area contributed by atoms with Crippen LogP contribution >= 0.6 is 0 Å². The summed E-state index contributed by atoms with van der Waals surface area (Å²) in [5.41, 5.74) is 7.21. The van der Waals surface area contributed by atoms with Crippen LogP contribution in [-0.4, -0.2) is 34.8 Å². The minimum absolute atomic E-state index is 0.146. The molecule has 0 aliphatic rings. The summed E-state index contributed by atoms with van der Waals surface area (Å²) in [6.45, 7) is 4.94. The number of aromatic nitrogens is 1. The first-order chi connectivity index (χ1) is 11.8. The summed E-state index contributed by atoms with van der Waals surface area (Å²) in [6, 6.07) is 6.14. The largest absolute Gasteiger partial charge is 0.368 e. The second kappa shape index (κ2) is 7.83. The molecule has 2 atom stereocenters. The molecule has 0 aliphatic heterocycles. The van der Waals surface area contributed by atoms with E-state index in [2.05, 4.69) is 15.6 Å². The van der Waals surface area contributed by atoms with Crippen molar-refractivity contribution in [3.8, 4) is 0 Å². The highest BCUT2D eigenvalue weighted by molar-refractivity contribution is 5.92. The molecule has 0 saturated heterocycles. The average Bonchev–Trinajstić information content (AvgIpc) is 2.94. The number of para-hydroxylation sites is 1. The number of primary amides is 1. The highest BCUT2D eigenvalue weighted by atomic mass is 16.2. The number of carbonyl (C=O) groups excluding carboxylic acids is 3. The number of rotatable bonds is 7. The number of amides is 3. The predicted molar refractivity (Wildman–Crippen MR) is 95.6 cm³/mol. The van der Waals surface area contributed by atoms with Crippen molar-refractivity contribution >= 4 is 28.6 Å². The van der Waals surface area contributed by atoms with Crippen LogP contribution in [0.2, 0.25) is 0 Å². The maximum atomic E-state index is 12.6. The molecule has 1 heterocycles. The molecule has 134 valence electrons. The van der Waals surface area contributed by atoms with Crippen LogP contribution in [-0.2, 0) is 20.8 Å². The minimum atomic E-state index is -0.794. The molecule has 0 spiro atoms. The maximum Gasteiger partial charge on any atom is 0.243 e. The van der Waals surface area contributed by atoms with Crippen molar-refractivity contribution < 1.29 is 14.4 Å². The second-order valence-electron chi connectivity index (χ2n) is 6.45. The number of hydrogen-bond acceptors (Lipinski definition) is 3. The van der Waals surface area contributed by atoms with E-state index in [-0.39, 0.29) is 11.8 Å². The molecule has 0 radical (unpaired) electrons. The van der Waals surface area contributed by atoms with E-state index >= 15 is 0 Å². The Balaban J connectivity index is 2.22. The van der Waals surface area contributed by atoms with E-state index in [0.717, 1.165) is 16.5 Å². The van der Waals surface area contributed by atoms with E-state index in [4.69, 9.17) is 5.73 Å². The Morgan fingerprint density at radius 2 is 1.84 bits per heavy atom. The third-order valence-corrected chi connectivity index (χ3v) is 4.06. The molecule has 7 nitrogen and oxygen atoms in total. The lowest BCUT2D eigenvalue weighted by Gasteiger charge is -2.23. The Morgan fingerprint density at radius 3 is 2.44 bits per heavy atom. The van der Waals surface area contributed by atoms with Crippen molar-refractivity contribution in [3.63, 3.8) is 0 Å². The highest BCUT2D eigenvalue weighted by Gasteiger charge is 2.27. The zero-order chi connectivity index (χ0) is 18.6. The fourth-order valence-electron chi connectivity index (χ4n) is 2.80. The van der Waals surface area contributed by atoms with Gasteiger partial charge in [-0.2, -0.15) is 0 Å². The van der Waals surface area contributed by atoms with Gasteiger partial charge in [-0.25, -0.2) is 0 Å². The van der Waals surface area contributed by atoms with E-state index in [1.165, 1.54) is 6.92 Å². The van der Waals surface area contributed by atoms with Gasteiger partial charge in [0.25, 0.3) is 0 Å². The van der Waals surface area contributed by atoms with Crippen molar-refractivity contribution in [1.29, 1.82) is 0 Å². The number of aromatic amines is 1. The molecule has 2 aromatic rings. The van der Waals surface area contributed by atoms with Gasteiger partial charge in [0, 0.05) is 30.4 Å². The van der Waals surface area contributed by atoms with E-state index < -0.39 is 23.9 Å². The average molecular weight is 344 g/mol. The summed E-state index contributed by atoms with van der Waals surface area (Å²) in [7, 11) is 0. The first kappa shape index (κ1) is 18.5. The number of benzene rings is 1. The molecule has 1 aromatic heterocycles. The molecule has 0 saturated carbocycles. The number of nitrogens with two attached hydrogens (primary N) is 1. The molecule has 1 aromatic carbocycles. The Morgan fingerprint density at radius 1 is 1.16 bits per heavy atom. The fourth-order valence-corrected chi connectivity index (χ4v) is 2.80. The second-order valence-corrected chi connectivity index (χ2v) is 6.45. The van der Waals surface area contributed by atoms with E-state index in [1.807, 2.05) is 30.5 Å². The SMILES string of the molecule is CC(=O)N[C@H](Cc1c[nH]c2ccccc12)C(=O)N[C@H](C(N)=O)C(C)C. The molecule has 25 heavy (non-hydrogen) atoms. The summed E-state index contributed by atoms with van der Waals surface area (Å²) < 4.78 is 0. The Bertz CT molecular complexity index is 781. The molecule has 5 N–H and O–H groups in total. The lowest BCUT2D eigenvalue weighted by atomic mass is 10.0.